The molecule has 1 rings (SSSR count). The van der Waals surface area contributed by atoms with Crippen molar-refractivity contribution in [3.8, 4) is 0 Å². The summed E-state index contributed by atoms with van der Waals surface area (Å²) in [5.41, 5.74) is 0.281. The van der Waals surface area contributed by atoms with E-state index in [9.17, 15) is 4.79 Å². The van der Waals surface area contributed by atoms with Crippen molar-refractivity contribution >= 4 is 5.91 Å². The van der Waals surface area contributed by atoms with E-state index < -0.39 is 0 Å². The van der Waals surface area contributed by atoms with E-state index in [1.54, 1.807) is 6.92 Å². The third kappa shape index (κ3) is 4.49. The molecule has 0 atom stereocenters. The molecular weight excluding hydrogens is 202 g/mol. The fourth-order valence-corrected chi connectivity index (χ4v) is 2.03. The maximum absolute atomic E-state index is 10.7. The van der Waals surface area contributed by atoms with Gasteiger partial charge in [-0.2, -0.15) is 0 Å². The van der Waals surface area contributed by atoms with Crippen molar-refractivity contribution in [3.05, 3.63) is 0 Å². The Balaban J connectivity index is 2.19. The van der Waals surface area contributed by atoms with Gasteiger partial charge in [-0.1, -0.05) is 0 Å². The smallest absolute Gasteiger partial charge is 0.216 e. The van der Waals surface area contributed by atoms with Crippen LogP contribution in [0.5, 0.6) is 0 Å². The van der Waals surface area contributed by atoms with E-state index in [-0.39, 0.29) is 11.4 Å². The second-order valence-corrected chi connectivity index (χ2v) is 5.48. The molecule has 1 N–H and O–H groups in total. The first-order valence-electron chi connectivity index (χ1n) is 6.11. The van der Waals surface area contributed by atoms with E-state index in [1.807, 2.05) is 0 Å². The molecule has 0 radical (unpaired) electrons. The summed E-state index contributed by atoms with van der Waals surface area (Å²) in [7, 11) is 0. The molecule has 0 bridgehead atoms. The zero-order chi connectivity index (χ0) is 12.2. The van der Waals surface area contributed by atoms with Crippen molar-refractivity contribution in [3.63, 3.8) is 0 Å². The van der Waals surface area contributed by atoms with Crippen LogP contribution in [-0.2, 0) is 4.79 Å². The van der Waals surface area contributed by atoms with Gasteiger partial charge in [0.1, 0.15) is 0 Å². The molecular formula is C12H25N3O. The molecule has 94 valence electrons. The molecule has 1 amide bonds. The lowest BCUT2D eigenvalue weighted by Crippen LogP contribution is -2.54. The standard InChI is InChI=1S/C12H25N3O/c1-11(16)13-5-6-14-7-9-15(10-8-14)12(2,3)4/h5-10H2,1-4H3,(H,13,16). The van der Waals surface area contributed by atoms with Gasteiger partial charge in [0.15, 0.2) is 0 Å². The minimum atomic E-state index is 0.0633. The molecule has 0 aliphatic carbocycles. The van der Waals surface area contributed by atoms with E-state index in [4.69, 9.17) is 0 Å². The summed E-state index contributed by atoms with van der Waals surface area (Å²) in [6.07, 6.45) is 0. The molecule has 4 nitrogen and oxygen atoms in total. The summed E-state index contributed by atoms with van der Waals surface area (Å²) in [6, 6.07) is 0. The largest absolute Gasteiger partial charge is 0.355 e. The molecule has 4 heteroatoms. The number of hydrogen-bond donors (Lipinski definition) is 1. The number of amides is 1. The van der Waals surface area contributed by atoms with Gasteiger partial charge in [-0.15, -0.1) is 0 Å². The van der Waals surface area contributed by atoms with Crippen LogP contribution in [0.25, 0.3) is 0 Å². The van der Waals surface area contributed by atoms with Crippen LogP contribution >= 0.6 is 0 Å². The average molecular weight is 227 g/mol. The van der Waals surface area contributed by atoms with Gasteiger partial charge in [-0.05, 0) is 20.8 Å². The van der Waals surface area contributed by atoms with Gasteiger partial charge < -0.3 is 5.32 Å². The first-order valence-corrected chi connectivity index (χ1v) is 6.11. The van der Waals surface area contributed by atoms with E-state index >= 15 is 0 Å². The molecule has 0 aromatic heterocycles. The number of nitrogens with one attached hydrogen (secondary N) is 1. The molecule has 1 heterocycles. The lowest BCUT2D eigenvalue weighted by Gasteiger charge is -2.42. The second kappa shape index (κ2) is 5.64. The molecule has 0 aromatic carbocycles. The van der Waals surface area contributed by atoms with Crippen molar-refractivity contribution in [2.75, 3.05) is 39.3 Å². The quantitative estimate of drug-likeness (QED) is 0.764. The van der Waals surface area contributed by atoms with Gasteiger partial charge in [0.25, 0.3) is 0 Å². The Kier molecular flexibility index (Phi) is 4.74. The molecule has 1 aliphatic heterocycles. The summed E-state index contributed by atoms with van der Waals surface area (Å²) in [5.74, 6) is 0.0633. The van der Waals surface area contributed by atoms with Crippen LogP contribution in [0.2, 0.25) is 0 Å². The predicted octanol–water partition coefficient (Wildman–Crippen LogP) is 0.539. The van der Waals surface area contributed by atoms with Crippen LogP contribution < -0.4 is 5.32 Å². The number of carbonyl (C=O) groups excluding carboxylic acids is 1. The molecule has 0 spiro atoms. The van der Waals surface area contributed by atoms with E-state index in [2.05, 4.69) is 35.9 Å². The third-order valence-electron chi connectivity index (χ3n) is 3.12. The van der Waals surface area contributed by atoms with E-state index in [0.717, 1.165) is 39.3 Å². The minimum absolute atomic E-state index is 0.0633. The maximum Gasteiger partial charge on any atom is 0.216 e. The Morgan fingerprint density at radius 1 is 1.19 bits per heavy atom. The van der Waals surface area contributed by atoms with E-state index in [1.165, 1.54) is 0 Å². The second-order valence-electron chi connectivity index (χ2n) is 5.48. The Labute approximate surface area is 99.0 Å². The summed E-state index contributed by atoms with van der Waals surface area (Å²) < 4.78 is 0. The highest BCUT2D eigenvalue weighted by molar-refractivity contribution is 5.72. The van der Waals surface area contributed by atoms with Crippen molar-refractivity contribution in [1.82, 2.24) is 15.1 Å². The molecule has 1 fully saturated rings. The Morgan fingerprint density at radius 2 is 1.75 bits per heavy atom. The monoisotopic (exact) mass is 227 g/mol. The van der Waals surface area contributed by atoms with Crippen LogP contribution in [0.15, 0.2) is 0 Å². The van der Waals surface area contributed by atoms with Crippen molar-refractivity contribution < 1.29 is 4.79 Å². The zero-order valence-electron chi connectivity index (χ0n) is 11.0. The van der Waals surface area contributed by atoms with Crippen molar-refractivity contribution in [1.29, 1.82) is 0 Å². The normalized spacial score (nSPS) is 19.8. The topological polar surface area (TPSA) is 35.6 Å². The molecule has 0 saturated carbocycles. The average Bonchev–Trinajstić information content (AvgIpc) is 2.16. The van der Waals surface area contributed by atoms with Gasteiger partial charge >= 0.3 is 0 Å². The third-order valence-corrected chi connectivity index (χ3v) is 3.12. The predicted molar refractivity (Wildman–Crippen MR) is 66.4 cm³/mol. The fourth-order valence-electron chi connectivity index (χ4n) is 2.03. The number of hydrogen-bond acceptors (Lipinski definition) is 3. The van der Waals surface area contributed by atoms with Crippen LogP contribution in [0.1, 0.15) is 27.7 Å². The number of rotatable bonds is 3. The molecule has 1 saturated heterocycles. The summed E-state index contributed by atoms with van der Waals surface area (Å²) in [5, 5.41) is 2.84. The number of nitrogens with zero attached hydrogens (tertiary/aromatic N) is 2. The zero-order valence-corrected chi connectivity index (χ0v) is 11.0. The Morgan fingerprint density at radius 3 is 2.19 bits per heavy atom. The van der Waals surface area contributed by atoms with Crippen molar-refractivity contribution in [2.24, 2.45) is 0 Å². The van der Waals surface area contributed by atoms with Gasteiger partial charge in [0.05, 0.1) is 0 Å². The number of carbonyl (C=O) groups is 1. The van der Waals surface area contributed by atoms with Crippen molar-refractivity contribution in [2.45, 2.75) is 33.2 Å². The van der Waals surface area contributed by atoms with Gasteiger partial charge in [0, 0.05) is 51.7 Å². The maximum atomic E-state index is 10.7. The van der Waals surface area contributed by atoms with Gasteiger partial charge in [-0.25, -0.2) is 0 Å². The molecule has 0 unspecified atom stereocenters. The number of piperazine rings is 1. The van der Waals surface area contributed by atoms with Crippen LogP contribution in [-0.4, -0.2) is 60.5 Å². The lowest BCUT2D eigenvalue weighted by atomic mass is 10.1. The van der Waals surface area contributed by atoms with Crippen LogP contribution in [0, 0.1) is 0 Å². The SMILES string of the molecule is CC(=O)NCCN1CCN(C(C)(C)C)CC1. The van der Waals surface area contributed by atoms with Crippen LogP contribution in [0.4, 0.5) is 0 Å². The lowest BCUT2D eigenvalue weighted by molar-refractivity contribution is -0.119. The molecule has 1 aliphatic rings. The molecule has 0 aromatic rings. The Hall–Kier alpha value is -0.610. The van der Waals surface area contributed by atoms with Crippen LogP contribution in [0.3, 0.4) is 0 Å². The Bertz CT molecular complexity index is 227. The van der Waals surface area contributed by atoms with Gasteiger partial charge in [0.2, 0.25) is 5.91 Å². The highest BCUT2D eigenvalue weighted by atomic mass is 16.1. The first kappa shape index (κ1) is 13.5. The highest BCUT2D eigenvalue weighted by Gasteiger charge is 2.25. The fraction of sp³-hybridized carbons (Fsp3) is 0.917. The summed E-state index contributed by atoms with van der Waals surface area (Å²) >= 11 is 0. The molecule has 16 heavy (non-hydrogen) atoms. The van der Waals surface area contributed by atoms with Gasteiger partial charge in [-0.3, -0.25) is 14.6 Å². The highest BCUT2D eigenvalue weighted by Crippen LogP contribution is 2.15. The van der Waals surface area contributed by atoms with E-state index in [0.29, 0.717) is 0 Å². The first-order chi connectivity index (χ1) is 7.39. The minimum Gasteiger partial charge on any atom is -0.355 e. The summed E-state index contributed by atoms with van der Waals surface area (Å²) in [4.78, 5) is 15.7. The summed E-state index contributed by atoms with van der Waals surface area (Å²) in [6.45, 7) is 14.6.